The van der Waals surface area contributed by atoms with Crippen molar-refractivity contribution in [1.82, 2.24) is 5.32 Å². The molecule has 1 amide bonds. The molecule has 4 heteroatoms. The highest BCUT2D eigenvalue weighted by Crippen LogP contribution is 2.28. The molecule has 3 nitrogen and oxygen atoms in total. The summed E-state index contributed by atoms with van der Waals surface area (Å²) in [7, 11) is 0. The number of carbonyl (C=O) groups is 1. The zero-order valence-corrected chi connectivity index (χ0v) is 13.1. The Balaban J connectivity index is 2.11. The van der Waals surface area contributed by atoms with Crippen LogP contribution in [0.15, 0.2) is 22.7 Å². The second-order valence-electron chi connectivity index (χ2n) is 5.40. The Bertz CT molecular complexity index is 453. The van der Waals surface area contributed by atoms with Crippen molar-refractivity contribution in [2.45, 2.75) is 32.6 Å². The molecule has 0 unspecified atom stereocenters. The molecule has 0 bridgehead atoms. The first-order valence-electron chi connectivity index (χ1n) is 6.89. The summed E-state index contributed by atoms with van der Waals surface area (Å²) < 4.78 is 1.05. The monoisotopic (exact) mass is 324 g/mol. The van der Waals surface area contributed by atoms with Gasteiger partial charge in [-0.2, -0.15) is 0 Å². The van der Waals surface area contributed by atoms with Crippen LogP contribution in [0.1, 0.15) is 38.2 Å². The lowest BCUT2D eigenvalue weighted by Gasteiger charge is -2.23. The minimum atomic E-state index is 0.143. The van der Waals surface area contributed by atoms with Crippen molar-refractivity contribution in [3.8, 4) is 0 Å². The average Bonchev–Trinajstić information content (AvgIpc) is 2.41. The third kappa shape index (κ3) is 3.80. The first-order valence-corrected chi connectivity index (χ1v) is 7.68. The van der Waals surface area contributed by atoms with Gasteiger partial charge in [0.2, 0.25) is 5.91 Å². The summed E-state index contributed by atoms with van der Waals surface area (Å²) in [5.41, 5.74) is 2.12. The maximum absolute atomic E-state index is 12.3. The lowest BCUT2D eigenvalue weighted by Crippen LogP contribution is -2.34. The van der Waals surface area contributed by atoms with Gasteiger partial charge in [0, 0.05) is 16.1 Å². The van der Waals surface area contributed by atoms with Crippen LogP contribution in [0.25, 0.3) is 0 Å². The second kappa shape index (κ2) is 6.53. The maximum atomic E-state index is 12.3. The van der Waals surface area contributed by atoms with Gasteiger partial charge in [0.15, 0.2) is 0 Å². The van der Waals surface area contributed by atoms with Crippen molar-refractivity contribution in [2.75, 3.05) is 18.4 Å². The summed E-state index contributed by atoms with van der Waals surface area (Å²) in [6, 6.07) is 6.05. The van der Waals surface area contributed by atoms with Crippen LogP contribution >= 0.6 is 15.9 Å². The molecule has 0 spiro atoms. The van der Waals surface area contributed by atoms with E-state index in [9.17, 15) is 4.79 Å². The van der Waals surface area contributed by atoms with E-state index in [0.29, 0.717) is 5.92 Å². The molecule has 0 aromatic heterocycles. The van der Waals surface area contributed by atoms with Crippen LogP contribution in [0, 0.1) is 5.92 Å². The van der Waals surface area contributed by atoms with E-state index in [0.717, 1.165) is 36.1 Å². The number of rotatable bonds is 3. The molecule has 1 saturated heterocycles. The molecular weight excluding hydrogens is 304 g/mol. The van der Waals surface area contributed by atoms with Crippen molar-refractivity contribution in [3.63, 3.8) is 0 Å². The van der Waals surface area contributed by atoms with Gasteiger partial charge in [-0.3, -0.25) is 4.79 Å². The highest BCUT2D eigenvalue weighted by molar-refractivity contribution is 9.10. The van der Waals surface area contributed by atoms with E-state index in [4.69, 9.17) is 0 Å². The van der Waals surface area contributed by atoms with Crippen LogP contribution in [0.4, 0.5) is 5.69 Å². The van der Waals surface area contributed by atoms with Crippen LogP contribution in [-0.4, -0.2) is 19.0 Å². The molecule has 1 aliphatic heterocycles. The smallest absolute Gasteiger partial charge is 0.227 e. The predicted octanol–water partition coefficient (Wildman–Crippen LogP) is 3.51. The number of anilines is 1. The minimum Gasteiger partial charge on any atom is -0.326 e. The van der Waals surface area contributed by atoms with Gasteiger partial charge in [0.1, 0.15) is 0 Å². The fourth-order valence-corrected chi connectivity index (χ4v) is 2.82. The topological polar surface area (TPSA) is 41.1 Å². The van der Waals surface area contributed by atoms with Gasteiger partial charge in [-0.05, 0) is 55.6 Å². The Morgan fingerprint density at radius 3 is 2.68 bits per heavy atom. The van der Waals surface area contributed by atoms with E-state index in [1.54, 1.807) is 0 Å². The molecule has 0 aliphatic carbocycles. The SMILES string of the molecule is CC(C)c1cc(Br)ccc1NC(=O)C1CCNCC1. The molecule has 0 saturated carbocycles. The largest absolute Gasteiger partial charge is 0.326 e. The lowest BCUT2D eigenvalue weighted by molar-refractivity contribution is -0.120. The quantitative estimate of drug-likeness (QED) is 0.893. The lowest BCUT2D eigenvalue weighted by atomic mass is 9.96. The number of hydrogen-bond donors (Lipinski definition) is 2. The fourth-order valence-electron chi connectivity index (χ4n) is 2.44. The number of halogens is 1. The van der Waals surface area contributed by atoms with Gasteiger partial charge in [0.05, 0.1) is 0 Å². The van der Waals surface area contributed by atoms with E-state index in [-0.39, 0.29) is 11.8 Å². The normalized spacial score (nSPS) is 16.6. The molecule has 0 radical (unpaired) electrons. The Hall–Kier alpha value is -0.870. The number of carbonyl (C=O) groups excluding carboxylic acids is 1. The summed E-state index contributed by atoms with van der Waals surface area (Å²) in [6.07, 6.45) is 1.86. The Kier molecular flexibility index (Phi) is 4.99. The molecule has 2 rings (SSSR count). The molecule has 1 aromatic rings. The zero-order valence-electron chi connectivity index (χ0n) is 11.5. The number of benzene rings is 1. The highest BCUT2D eigenvalue weighted by Gasteiger charge is 2.21. The number of piperidine rings is 1. The predicted molar refractivity (Wildman–Crippen MR) is 82.5 cm³/mol. The summed E-state index contributed by atoms with van der Waals surface area (Å²) >= 11 is 3.49. The summed E-state index contributed by atoms with van der Waals surface area (Å²) in [5.74, 6) is 0.691. The van der Waals surface area contributed by atoms with Crippen LogP contribution in [0.2, 0.25) is 0 Å². The van der Waals surface area contributed by atoms with Gasteiger partial charge in [0.25, 0.3) is 0 Å². The van der Waals surface area contributed by atoms with Crippen molar-refractivity contribution in [1.29, 1.82) is 0 Å². The third-order valence-corrected chi connectivity index (χ3v) is 4.10. The molecule has 2 N–H and O–H groups in total. The first-order chi connectivity index (χ1) is 9.08. The molecular formula is C15H21BrN2O. The fraction of sp³-hybridized carbons (Fsp3) is 0.533. The van der Waals surface area contributed by atoms with Gasteiger partial charge < -0.3 is 10.6 Å². The molecule has 1 aliphatic rings. The van der Waals surface area contributed by atoms with Crippen LogP contribution < -0.4 is 10.6 Å². The van der Waals surface area contributed by atoms with Crippen molar-refractivity contribution >= 4 is 27.5 Å². The zero-order chi connectivity index (χ0) is 13.8. The van der Waals surface area contributed by atoms with Gasteiger partial charge in [-0.25, -0.2) is 0 Å². The first kappa shape index (κ1) is 14.5. The van der Waals surface area contributed by atoms with E-state index in [2.05, 4.69) is 46.5 Å². The Morgan fingerprint density at radius 1 is 1.37 bits per heavy atom. The number of nitrogens with one attached hydrogen (secondary N) is 2. The van der Waals surface area contributed by atoms with Crippen LogP contribution in [0.5, 0.6) is 0 Å². The second-order valence-corrected chi connectivity index (χ2v) is 6.32. The van der Waals surface area contributed by atoms with Crippen LogP contribution in [0.3, 0.4) is 0 Å². The Labute approximate surface area is 123 Å². The van der Waals surface area contributed by atoms with Gasteiger partial charge in [-0.1, -0.05) is 29.8 Å². The molecule has 1 heterocycles. The summed E-state index contributed by atoms with van der Waals surface area (Å²) in [5, 5.41) is 6.39. The maximum Gasteiger partial charge on any atom is 0.227 e. The number of hydrogen-bond acceptors (Lipinski definition) is 2. The molecule has 0 atom stereocenters. The van der Waals surface area contributed by atoms with Crippen molar-refractivity contribution < 1.29 is 4.79 Å². The van der Waals surface area contributed by atoms with E-state index in [1.807, 2.05) is 12.1 Å². The van der Waals surface area contributed by atoms with E-state index in [1.165, 1.54) is 5.56 Å². The highest BCUT2D eigenvalue weighted by atomic mass is 79.9. The summed E-state index contributed by atoms with van der Waals surface area (Å²) in [4.78, 5) is 12.3. The Morgan fingerprint density at radius 2 is 2.05 bits per heavy atom. The molecule has 104 valence electrons. The van der Waals surface area contributed by atoms with E-state index >= 15 is 0 Å². The molecule has 19 heavy (non-hydrogen) atoms. The molecule has 1 aromatic carbocycles. The average molecular weight is 325 g/mol. The number of amides is 1. The van der Waals surface area contributed by atoms with Crippen molar-refractivity contribution in [3.05, 3.63) is 28.2 Å². The van der Waals surface area contributed by atoms with Crippen molar-refractivity contribution in [2.24, 2.45) is 5.92 Å². The minimum absolute atomic E-state index is 0.143. The van der Waals surface area contributed by atoms with E-state index < -0.39 is 0 Å². The van der Waals surface area contributed by atoms with Gasteiger partial charge in [-0.15, -0.1) is 0 Å². The van der Waals surface area contributed by atoms with Gasteiger partial charge >= 0.3 is 0 Å². The van der Waals surface area contributed by atoms with Crippen LogP contribution in [-0.2, 0) is 4.79 Å². The standard InChI is InChI=1S/C15H21BrN2O/c1-10(2)13-9-12(16)3-4-14(13)18-15(19)11-5-7-17-8-6-11/h3-4,9-11,17H,5-8H2,1-2H3,(H,18,19). The third-order valence-electron chi connectivity index (χ3n) is 3.60. The summed E-state index contributed by atoms with van der Waals surface area (Å²) in [6.45, 7) is 6.16. The molecule has 1 fully saturated rings.